The maximum atomic E-state index is 12.9. The highest BCUT2D eigenvalue weighted by atomic mass is 19.4. The summed E-state index contributed by atoms with van der Waals surface area (Å²) in [5.41, 5.74) is 5.13. The molecule has 2 aromatic heterocycles. The van der Waals surface area contributed by atoms with Crippen molar-refractivity contribution in [3.05, 3.63) is 71.0 Å². The molecule has 1 aliphatic rings. The zero-order chi connectivity index (χ0) is 27.2. The van der Waals surface area contributed by atoms with Crippen LogP contribution in [-0.2, 0) is 18.6 Å². The van der Waals surface area contributed by atoms with E-state index in [1.165, 1.54) is 17.7 Å². The van der Waals surface area contributed by atoms with Crippen LogP contribution in [-0.4, -0.2) is 32.6 Å². The van der Waals surface area contributed by atoms with Crippen LogP contribution in [0.4, 0.5) is 30.6 Å². The van der Waals surface area contributed by atoms with Crippen molar-refractivity contribution in [1.29, 1.82) is 0 Å². The Morgan fingerprint density at radius 2 is 1.58 bits per heavy atom. The van der Waals surface area contributed by atoms with Crippen molar-refractivity contribution in [2.75, 3.05) is 23.3 Å². The van der Waals surface area contributed by atoms with Gasteiger partial charge in [-0.2, -0.15) is 23.1 Å². The summed E-state index contributed by atoms with van der Waals surface area (Å²) in [7, 11) is 1.93. The molecule has 0 atom stereocenters. The Morgan fingerprint density at radius 3 is 2.21 bits per heavy atom. The fraction of sp³-hybridized carbons (Fsp3) is 0.414. The Labute approximate surface area is 220 Å². The lowest BCUT2D eigenvalue weighted by Gasteiger charge is -2.32. The number of rotatable bonds is 4. The number of imidazole rings is 1. The molecule has 38 heavy (non-hydrogen) atoms. The van der Waals surface area contributed by atoms with E-state index < -0.39 is 11.7 Å². The van der Waals surface area contributed by atoms with Crippen molar-refractivity contribution >= 4 is 28.6 Å². The number of aryl methyl sites for hydroxylation is 2. The van der Waals surface area contributed by atoms with Gasteiger partial charge in [0.05, 0.1) is 11.9 Å². The Morgan fingerprint density at radius 1 is 0.921 bits per heavy atom. The zero-order valence-corrected chi connectivity index (χ0v) is 22.4. The Hall–Kier alpha value is -3.62. The summed E-state index contributed by atoms with van der Waals surface area (Å²) in [6.45, 7) is 10.1. The Kier molecular flexibility index (Phi) is 6.57. The number of nitrogens with zero attached hydrogens (tertiary/aromatic N) is 5. The number of aromatic nitrogens is 4. The summed E-state index contributed by atoms with van der Waals surface area (Å²) in [5.74, 6) is 1.51. The van der Waals surface area contributed by atoms with Crippen LogP contribution in [0.15, 0.2) is 48.8 Å². The molecule has 0 radical (unpaired) electrons. The smallest absolute Gasteiger partial charge is 0.341 e. The second-order valence-electron chi connectivity index (χ2n) is 11.2. The molecule has 0 aliphatic carbocycles. The van der Waals surface area contributed by atoms with Crippen LogP contribution < -0.4 is 10.2 Å². The molecule has 0 bridgehead atoms. The Bertz CT molecular complexity index is 1440. The molecule has 1 saturated heterocycles. The van der Waals surface area contributed by atoms with Gasteiger partial charge < -0.3 is 14.8 Å². The lowest BCUT2D eigenvalue weighted by molar-refractivity contribution is -0.137. The highest BCUT2D eigenvalue weighted by Crippen LogP contribution is 2.35. The molecule has 9 heteroatoms. The van der Waals surface area contributed by atoms with E-state index >= 15 is 0 Å². The van der Waals surface area contributed by atoms with Crippen LogP contribution in [0.2, 0.25) is 0 Å². The number of nitrogens with one attached hydrogen (secondary N) is 1. The van der Waals surface area contributed by atoms with Crippen molar-refractivity contribution in [1.82, 2.24) is 19.5 Å². The van der Waals surface area contributed by atoms with Crippen LogP contribution >= 0.6 is 0 Å². The minimum absolute atomic E-state index is 0.0141. The topological polar surface area (TPSA) is 58.9 Å². The predicted molar refractivity (Wildman–Crippen MR) is 145 cm³/mol. The molecule has 0 saturated carbocycles. The summed E-state index contributed by atoms with van der Waals surface area (Å²) in [6.07, 6.45) is -0.958. The van der Waals surface area contributed by atoms with Gasteiger partial charge in [0.25, 0.3) is 0 Å². The molecule has 1 N–H and O–H groups in total. The van der Waals surface area contributed by atoms with Crippen molar-refractivity contribution in [2.24, 2.45) is 7.05 Å². The van der Waals surface area contributed by atoms with E-state index in [0.717, 1.165) is 35.2 Å². The van der Waals surface area contributed by atoms with E-state index in [4.69, 9.17) is 9.97 Å². The van der Waals surface area contributed by atoms with E-state index in [-0.39, 0.29) is 11.3 Å². The largest absolute Gasteiger partial charge is 0.416 e. The molecule has 0 amide bonds. The summed E-state index contributed by atoms with van der Waals surface area (Å²) in [6, 6.07) is 12.0. The molecule has 0 spiro atoms. The third kappa shape index (κ3) is 5.19. The van der Waals surface area contributed by atoms with Crippen molar-refractivity contribution in [3.8, 4) is 0 Å². The van der Waals surface area contributed by atoms with Crippen LogP contribution in [0.3, 0.4) is 0 Å². The zero-order valence-electron chi connectivity index (χ0n) is 22.4. The first-order valence-electron chi connectivity index (χ1n) is 12.9. The molecule has 1 fully saturated rings. The molecule has 5 rings (SSSR count). The molecule has 0 unspecified atom stereocenters. The van der Waals surface area contributed by atoms with Crippen LogP contribution in [0.5, 0.6) is 0 Å². The first kappa shape index (κ1) is 26.0. The van der Waals surface area contributed by atoms with Gasteiger partial charge in [0.15, 0.2) is 11.5 Å². The fourth-order valence-corrected chi connectivity index (χ4v) is 4.98. The molecule has 2 aromatic carbocycles. The van der Waals surface area contributed by atoms with Crippen molar-refractivity contribution in [3.63, 3.8) is 0 Å². The monoisotopic (exact) mass is 522 g/mol. The second-order valence-corrected chi connectivity index (χ2v) is 11.2. The number of alkyl halides is 3. The average molecular weight is 523 g/mol. The standard InChI is InChI=1S/C29H33F3N6/c1-18-6-9-22(28(2,3)4)16-23(18)34-26-24-25(33-17-37(24)5)35-27(36-26)38-14-12-20(13-15-38)19-7-10-21(11-8-19)29(30,31)32/h6-11,16-17,20H,12-15H2,1-5H3,(H,34,35,36). The SMILES string of the molecule is Cc1ccc(C(C)(C)C)cc1Nc1nc(N2CCC(c3ccc(C(F)(F)F)cc3)CC2)nc2ncn(C)c12. The van der Waals surface area contributed by atoms with Gasteiger partial charge >= 0.3 is 6.18 Å². The van der Waals surface area contributed by atoms with Crippen LogP contribution in [0.1, 0.15) is 61.8 Å². The molecule has 4 aromatic rings. The minimum atomic E-state index is -4.32. The lowest BCUT2D eigenvalue weighted by atomic mass is 9.86. The third-order valence-corrected chi connectivity index (χ3v) is 7.40. The first-order chi connectivity index (χ1) is 17.9. The number of anilines is 3. The molecular weight excluding hydrogens is 489 g/mol. The summed E-state index contributed by atoms with van der Waals surface area (Å²) in [5, 5.41) is 3.56. The summed E-state index contributed by atoms with van der Waals surface area (Å²) in [4.78, 5) is 16.3. The van der Waals surface area contributed by atoms with Crippen molar-refractivity contribution in [2.45, 2.75) is 58.0 Å². The highest BCUT2D eigenvalue weighted by Gasteiger charge is 2.31. The second kappa shape index (κ2) is 9.60. The molecule has 200 valence electrons. The average Bonchev–Trinajstić information content (AvgIpc) is 3.25. The van der Waals surface area contributed by atoms with E-state index in [0.29, 0.717) is 30.5 Å². The maximum absolute atomic E-state index is 12.9. The molecule has 1 aliphatic heterocycles. The van der Waals surface area contributed by atoms with Crippen molar-refractivity contribution < 1.29 is 13.2 Å². The number of benzene rings is 2. The first-order valence-corrected chi connectivity index (χ1v) is 12.9. The van der Waals surface area contributed by atoms with Gasteiger partial charge in [0.1, 0.15) is 5.52 Å². The maximum Gasteiger partial charge on any atom is 0.416 e. The normalized spacial score (nSPS) is 15.3. The van der Waals surface area contributed by atoms with Gasteiger partial charge in [-0.3, -0.25) is 0 Å². The number of hydrogen-bond acceptors (Lipinski definition) is 5. The predicted octanol–water partition coefficient (Wildman–Crippen LogP) is 7.12. The van der Waals surface area contributed by atoms with Gasteiger partial charge in [-0.15, -0.1) is 0 Å². The van der Waals surface area contributed by atoms with Gasteiger partial charge in [0.2, 0.25) is 5.95 Å². The van der Waals surface area contributed by atoms with E-state index in [1.54, 1.807) is 18.5 Å². The van der Waals surface area contributed by atoms with Crippen LogP contribution in [0.25, 0.3) is 11.2 Å². The number of fused-ring (bicyclic) bond motifs is 1. The third-order valence-electron chi connectivity index (χ3n) is 7.40. The molecule has 3 heterocycles. The summed E-state index contributed by atoms with van der Waals surface area (Å²) < 4.78 is 40.8. The van der Waals surface area contributed by atoms with Gasteiger partial charge in [-0.25, -0.2) is 4.98 Å². The number of hydrogen-bond donors (Lipinski definition) is 1. The molecule has 6 nitrogen and oxygen atoms in total. The number of halogens is 3. The Balaban J connectivity index is 1.39. The molecular formula is C29H33F3N6. The van der Waals surface area contributed by atoms with E-state index in [9.17, 15) is 13.2 Å². The highest BCUT2D eigenvalue weighted by molar-refractivity contribution is 5.87. The number of piperidine rings is 1. The summed E-state index contributed by atoms with van der Waals surface area (Å²) >= 11 is 0. The lowest BCUT2D eigenvalue weighted by Crippen LogP contribution is -2.34. The van der Waals surface area contributed by atoms with E-state index in [2.05, 4.69) is 61.1 Å². The van der Waals surface area contributed by atoms with E-state index in [1.807, 2.05) is 11.6 Å². The van der Waals surface area contributed by atoms with Gasteiger partial charge in [0, 0.05) is 25.8 Å². The quantitative estimate of drug-likeness (QED) is 0.309. The minimum Gasteiger partial charge on any atom is -0.341 e. The van der Waals surface area contributed by atoms with Gasteiger partial charge in [-0.05, 0) is 66.0 Å². The van der Waals surface area contributed by atoms with Gasteiger partial charge in [-0.1, -0.05) is 45.0 Å². The fourth-order valence-electron chi connectivity index (χ4n) is 4.98. The van der Waals surface area contributed by atoms with Crippen LogP contribution in [0, 0.1) is 6.92 Å².